The van der Waals surface area contributed by atoms with Crippen LogP contribution in [0, 0.1) is 5.82 Å². The molecule has 4 rings (SSSR count). The van der Waals surface area contributed by atoms with Crippen molar-refractivity contribution in [2.75, 3.05) is 7.11 Å². The lowest BCUT2D eigenvalue weighted by atomic mass is 10.1. The fourth-order valence-electron chi connectivity index (χ4n) is 3.30. The fraction of sp³-hybridized carbons (Fsp3) is 0.174. The molecular formula is C23H22FN5O2. The molecule has 2 aromatic heterocycles. The Morgan fingerprint density at radius 2 is 1.77 bits per heavy atom. The summed E-state index contributed by atoms with van der Waals surface area (Å²) in [4.78, 5) is 13.0. The molecule has 0 fully saturated rings. The largest absolute Gasteiger partial charge is 0.497 e. The van der Waals surface area contributed by atoms with Gasteiger partial charge < -0.3 is 14.6 Å². The van der Waals surface area contributed by atoms with E-state index in [0.29, 0.717) is 12.4 Å². The molecule has 0 saturated heterocycles. The lowest BCUT2D eigenvalue weighted by molar-refractivity contribution is 0.0934. The number of rotatable bonds is 7. The molecule has 2 heterocycles. The predicted octanol–water partition coefficient (Wildman–Crippen LogP) is 3.76. The molecule has 0 unspecified atom stereocenters. The van der Waals surface area contributed by atoms with E-state index in [1.807, 2.05) is 55.7 Å². The molecule has 2 aromatic carbocycles. The number of ether oxygens (including phenoxy) is 1. The number of amides is 1. The van der Waals surface area contributed by atoms with Crippen molar-refractivity contribution in [3.63, 3.8) is 0 Å². The maximum atomic E-state index is 13.2. The first-order chi connectivity index (χ1) is 15.0. The van der Waals surface area contributed by atoms with Gasteiger partial charge in [-0.05, 0) is 54.4 Å². The number of methoxy groups -OCH3 is 1. The summed E-state index contributed by atoms with van der Waals surface area (Å²) >= 11 is 0. The Balaban J connectivity index is 1.61. The molecule has 4 aromatic rings. The van der Waals surface area contributed by atoms with Crippen LogP contribution in [0.2, 0.25) is 0 Å². The van der Waals surface area contributed by atoms with Gasteiger partial charge in [0.05, 0.1) is 19.7 Å². The summed E-state index contributed by atoms with van der Waals surface area (Å²) in [6.45, 7) is 2.27. The number of halogens is 1. The molecule has 0 spiro atoms. The number of hydrogen-bond donors (Lipinski definition) is 1. The average molecular weight is 419 g/mol. The monoisotopic (exact) mass is 419 g/mol. The molecule has 0 bridgehead atoms. The highest BCUT2D eigenvalue weighted by Crippen LogP contribution is 2.19. The van der Waals surface area contributed by atoms with Gasteiger partial charge in [-0.25, -0.2) is 9.07 Å². The first-order valence-electron chi connectivity index (χ1n) is 9.81. The summed E-state index contributed by atoms with van der Waals surface area (Å²) in [5.41, 5.74) is 1.99. The number of benzene rings is 2. The summed E-state index contributed by atoms with van der Waals surface area (Å²) in [6, 6.07) is 17.1. The van der Waals surface area contributed by atoms with Crippen LogP contribution in [-0.4, -0.2) is 32.6 Å². The van der Waals surface area contributed by atoms with E-state index in [9.17, 15) is 9.18 Å². The number of carbonyl (C=O) groups excluding carboxylic acids is 1. The van der Waals surface area contributed by atoms with Crippen LogP contribution in [0.15, 0.2) is 73.1 Å². The molecule has 158 valence electrons. The van der Waals surface area contributed by atoms with Crippen molar-refractivity contribution in [2.24, 2.45) is 0 Å². The van der Waals surface area contributed by atoms with E-state index in [2.05, 4.69) is 15.6 Å². The average Bonchev–Trinajstić information content (AvgIpc) is 3.44. The highest BCUT2D eigenvalue weighted by Gasteiger charge is 2.23. The second kappa shape index (κ2) is 8.83. The van der Waals surface area contributed by atoms with Crippen molar-refractivity contribution >= 4 is 5.91 Å². The van der Waals surface area contributed by atoms with Crippen LogP contribution < -0.4 is 10.1 Å². The molecule has 0 aliphatic carbocycles. The van der Waals surface area contributed by atoms with Crippen LogP contribution in [-0.2, 0) is 6.54 Å². The van der Waals surface area contributed by atoms with Crippen molar-refractivity contribution in [2.45, 2.75) is 19.5 Å². The van der Waals surface area contributed by atoms with Crippen molar-refractivity contribution in [1.82, 2.24) is 24.9 Å². The van der Waals surface area contributed by atoms with E-state index >= 15 is 0 Å². The Kier molecular flexibility index (Phi) is 5.79. The molecule has 7 nitrogen and oxygen atoms in total. The quantitative estimate of drug-likeness (QED) is 0.495. The third-order valence-electron chi connectivity index (χ3n) is 4.98. The number of hydrogen-bond acceptors (Lipinski definition) is 4. The van der Waals surface area contributed by atoms with Gasteiger partial charge in [-0.2, -0.15) is 0 Å². The highest BCUT2D eigenvalue weighted by atomic mass is 19.1. The Bertz CT molecular complexity index is 1150. The Hall–Kier alpha value is -3.94. The van der Waals surface area contributed by atoms with E-state index in [1.54, 1.807) is 28.5 Å². The Morgan fingerprint density at radius 3 is 2.42 bits per heavy atom. The predicted molar refractivity (Wildman–Crippen MR) is 114 cm³/mol. The molecule has 0 radical (unpaired) electrons. The molecule has 0 aliphatic rings. The molecule has 1 N–H and O–H groups in total. The second-order valence-corrected chi connectivity index (χ2v) is 7.10. The molecule has 31 heavy (non-hydrogen) atoms. The minimum atomic E-state index is -0.360. The van der Waals surface area contributed by atoms with Crippen LogP contribution in [0.1, 0.15) is 34.6 Å². The van der Waals surface area contributed by atoms with Crippen molar-refractivity contribution < 1.29 is 13.9 Å². The lowest BCUT2D eigenvalue weighted by Gasteiger charge is -2.14. The molecule has 1 atom stereocenters. The topological polar surface area (TPSA) is 74.0 Å². The normalized spacial score (nSPS) is 11.8. The zero-order valence-corrected chi connectivity index (χ0v) is 17.2. The smallest absolute Gasteiger partial charge is 0.276 e. The second-order valence-electron chi connectivity index (χ2n) is 7.10. The van der Waals surface area contributed by atoms with Crippen LogP contribution in [0.3, 0.4) is 0 Å². The summed E-state index contributed by atoms with van der Waals surface area (Å²) in [6.07, 6.45) is 3.67. The zero-order chi connectivity index (χ0) is 21.8. The van der Waals surface area contributed by atoms with Gasteiger partial charge in [0.15, 0.2) is 11.5 Å². The Labute approximate surface area is 179 Å². The molecule has 0 saturated carbocycles. The van der Waals surface area contributed by atoms with E-state index in [-0.39, 0.29) is 23.5 Å². The summed E-state index contributed by atoms with van der Waals surface area (Å²) in [5, 5.41) is 11.3. The third kappa shape index (κ3) is 4.48. The molecule has 0 aliphatic heterocycles. The van der Waals surface area contributed by atoms with Crippen molar-refractivity contribution in [3.8, 4) is 11.6 Å². The minimum Gasteiger partial charge on any atom is -0.497 e. The Morgan fingerprint density at radius 1 is 1.10 bits per heavy atom. The minimum absolute atomic E-state index is 0.207. The third-order valence-corrected chi connectivity index (χ3v) is 4.98. The van der Waals surface area contributed by atoms with Crippen LogP contribution in [0.4, 0.5) is 4.39 Å². The first-order valence-corrected chi connectivity index (χ1v) is 9.81. The van der Waals surface area contributed by atoms with Crippen molar-refractivity contribution in [3.05, 3.63) is 95.7 Å². The van der Waals surface area contributed by atoms with Gasteiger partial charge in [0, 0.05) is 12.4 Å². The van der Waals surface area contributed by atoms with E-state index in [1.165, 1.54) is 12.1 Å². The standard InChI is InChI=1S/C23H22FN5O2/c1-16(18-7-9-19(24)10-8-18)25-22(30)21-23(28-13-3-4-14-28)29(27-26-21)15-17-5-11-20(31-2)12-6-17/h3-14,16H,15H2,1-2H3,(H,25,30)/t16-/m0/s1. The van der Waals surface area contributed by atoms with Gasteiger partial charge in [-0.15, -0.1) is 5.10 Å². The maximum Gasteiger partial charge on any atom is 0.276 e. The maximum absolute atomic E-state index is 13.2. The first kappa shape index (κ1) is 20.3. The zero-order valence-electron chi connectivity index (χ0n) is 17.2. The summed E-state index contributed by atoms with van der Waals surface area (Å²) in [5.74, 6) is 0.646. The fourth-order valence-corrected chi connectivity index (χ4v) is 3.30. The van der Waals surface area contributed by atoms with Gasteiger partial charge in [0.1, 0.15) is 11.6 Å². The van der Waals surface area contributed by atoms with Crippen LogP contribution >= 0.6 is 0 Å². The molecule has 8 heteroatoms. The lowest BCUT2D eigenvalue weighted by Crippen LogP contribution is -2.28. The SMILES string of the molecule is COc1ccc(Cn2nnc(C(=O)N[C@@H](C)c3ccc(F)cc3)c2-n2cccc2)cc1. The molecular weight excluding hydrogens is 397 g/mol. The van der Waals surface area contributed by atoms with Gasteiger partial charge in [0.2, 0.25) is 0 Å². The number of nitrogens with one attached hydrogen (secondary N) is 1. The van der Waals surface area contributed by atoms with E-state index in [4.69, 9.17) is 4.74 Å². The van der Waals surface area contributed by atoms with Gasteiger partial charge >= 0.3 is 0 Å². The summed E-state index contributed by atoms with van der Waals surface area (Å²) < 4.78 is 21.9. The van der Waals surface area contributed by atoms with Crippen molar-refractivity contribution in [1.29, 1.82) is 0 Å². The summed E-state index contributed by atoms with van der Waals surface area (Å²) in [7, 11) is 1.62. The van der Waals surface area contributed by atoms with Crippen LogP contribution in [0.25, 0.3) is 5.82 Å². The van der Waals surface area contributed by atoms with Crippen LogP contribution in [0.5, 0.6) is 5.75 Å². The number of nitrogens with zero attached hydrogens (tertiary/aromatic N) is 4. The van der Waals surface area contributed by atoms with Gasteiger partial charge in [-0.1, -0.05) is 29.5 Å². The number of carbonyl (C=O) groups is 1. The van der Waals surface area contributed by atoms with E-state index in [0.717, 1.165) is 16.9 Å². The van der Waals surface area contributed by atoms with Gasteiger partial charge in [0.25, 0.3) is 5.91 Å². The van der Waals surface area contributed by atoms with E-state index < -0.39 is 0 Å². The van der Waals surface area contributed by atoms with Gasteiger partial charge in [-0.3, -0.25) is 4.79 Å². The molecule has 1 amide bonds. The number of aromatic nitrogens is 4. The highest BCUT2D eigenvalue weighted by molar-refractivity contribution is 5.95.